The second-order valence-corrected chi connectivity index (χ2v) is 3.90. The number of aromatic hydroxyl groups is 1. The highest BCUT2D eigenvalue weighted by Gasteiger charge is 2.03. The number of carbonyl (C=O) groups excluding carboxylic acids is 1. The Morgan fingerprint density at radius 3 is 1.88 bits per heavy atom. The minimum atomic E-state index is 0.155. The molecule has 0 bridgehead atoms. The van der Waals surface area contributed by atoms with Crippen molar-refractivity contribution in [1.82, 2.24) is 0 Å². The predicted octanol–water partition coefficient (Wildman–Crippen LogP) is 3.65. The van der Waals surface area contributed by atoms with Crippen LogP contribution in [-0.2, 0) is 0 Å². The fourth-order valence-electron chi connectivity index (χ4n) is 1.71. The third-order valence-electron chi connectivity index (χ3n) is 2.73. The zero-order chi connectivity index (χ0) is 12.3. The molecule has 86 valence electrons. The first-order valence-electron chi connectivity index (χ1n) is 5.63. The van der Waals surface area contributed by atoms with Crippen molar-refractivity contribution in [3.05, 3.63) is 54.1 Å². The molecule has 0 aliphatic heterocycles. The Morgan fingerprint density at radius 1 is 0.941 bits per heavy atom. The number of rotatable bonds is 3. The van der Waals surface area contributed by atoms with Crippen LogP contribution in [0, 0.1) is 0 Å². The molecule has 0 spiro atoms. The van der Waals surface area contributed by atoms with E-state index in [9.17, 15) is 9.90 Å². The summed E-state index contributed by atoms with van der Waals surface area (Å²) >= 11 is 0. The molecule has 2 rings (SSSR count). The van der Waals surface area contributed by atoms with E-state index in [4.69, 9.17) is 0 Å². The highest BCUT2D eigenvalue weighted by atomic mass is 16.3. The largest absolute Gasteiger partial charge is 0.508 e. The number of hydrogen-bond acceptors (Lipinski definition) is 2. The lowest BCUT2D eigenvalue weighted by atomic mass is 10.0. The van der Waals surface area contributed by atoms with E-state index in [0.29, 0.717) is 6.42 Å². The molecule has 0 amide bonds. The van der Waals surface area contributed by atoms with E-state index in [2.05, 4.69) is 0 Å². The number of phenolic OH excluding ortho intramolecular Hbond substituents is 1. The third-order valence-corrected chi connectivity index (χ3v) is 2.73. The molecule has 0 radical (unpaired) electrons. The molecule has 0 saturated heterocycles. The first kappa shape index (κ1) is 11.4. The van der Waals surface area contributed by atoms with E-state index >= 15 is 0 Å². The van der Waals surface area contributed by atoms with Crippen molar-refractivity contribution in [3.63, 3.8) is 0 Å². The Kier molecular flexibility index (Phi) is 3.24. The first-order chi connectivity index (χ1) is 8.20. The summed E-state index contributed by atoms with van der Waals surface area (Å²) in [6, 6.07) is 14.5. The van der Waals surface area contributed by atoms with Crippen LogP contribution >= 0.6 is 0 Å². The van der Waals surface area contributed by atoms with Gasteiger partial charge in [-0.25, -0.2) is 0 Å². The number of ketones is 1. The van der Waals surface area contributed by atoms with Crippen LogP contribution in [0.2, 0.25) is 0 Å². The molecule has 1 N–H and O–H groups in total. The van der Waals surface area contributed by atoms with Crippen LogP contribution in [0.25, 0.3) is 11.1 Å². The number of Topliss-reactive ketones (excluding diaryl/α,β-unsaturated/α-hetero) is 1. The van der Waals surface area contributed by atoms with Crippen molar-refractivity contribution >= 4 is 5.78 Å². The standard InChI is InChI=1S/C15H14O2/c1-2-15(17)13-5-3-11(4-6-13)12-7-9-14(16)10-8-12/h3-10,16H,2H2,1H3. The van der Waals surface area contributed by atoms with Gasteiger partial charge in [0.15, 0.2) is 5.78 Å². The molecule has 0 atom stereocenters. The topological polar surface area (TPSA) is 37.3 Å². The number of benzene rings is 2. The predicted molar refractivity (Wildman–Crippen MR) is 68.2 cm³/mol. The second kappa shape index (κ2) is 4.83. The highest BCUT2D eigenvalue weighted by Crippen LogP contribution is 2.22. The Morgan fingerprint density at radius 2 is 1.41 bits per heavy atom. The van der Waals surface area contributed by atoms with Gasteiger partial charge in [-0.05, 0) is 23.3 Å². The SMILES string of the molecule is CCC(=O)c1ccc(-c2ccc(O)cc2)cc1. The van der Waals surface area contributed by atoms with Crippen molar-refractivity contribution in [3.8, 4) is 16.9 Å². The Labute approximate surface area is 101 Å². The van der Waals surface area contributed by atoms with Gasteiger partial charge in [0.2, 0.25) is 0 Å². The Hall–Kier alpha value is -2.09. The molecule has 2 nitrogen and oxygen atoms in total. The van der Waals surface area contributed by atoms with Crippen molar-refractivity contribution in [1.29, 1.82) is 0 Å². The molecule has 17 heavy (non-hydrogen) atoms. The molecule has 0 unspecified atom stereocenters. The van der Waals surface area contributed by atoms with Gasteiger partial charge in [-0.2, -0.15) is 0 Å². The second-order valence-electron chi connectivity index (χ2n) is 3.90. The van der Waals surface area contributed by atoms with Gasteiger partial charge >= 0.3 is 0 Å². The zero-order valence-corrected chi connectivity index (χ0v) is 9.68. The Bertz CT molecular complexity index is 510. The monoisotopic (exact) mass is 226 g/mol. The van der Waals surface area contributed by atoms with Crippen LogP contribution in [0.5, 0.6) is 5.75 Å². The van der Waals surface area contributed by atoms with E-state index in [1.165, 1.54) is 0 Å². The average Bonchev–Trinajstić information content (AvgIpc) is 2.39. The van der Waals surface area contributed by atoms with Crippen molar-refractivity contribution < 1.29 is 9.90 Å². The minimum Gasteiger partial charge on any atom is -0.508 e. The van der Waals surface area contributed by atoms with Crippen LogP contribution in [0.15, 0.2) is 48.5 Å². The van der Waals surface area contributed by atoms with Gasteiger partial charge in [0, 0.05) is 12.0 Å². The Balaban J connectivity index is 2.29. The fraction of sp³-hybridized carbons (Fsp3) is 0.133. The molecule has 0 aromatic heterocycles. The lowest BCUT2D eigenvalue weighted by Crippen LogP contribution is -1.95. The number of phenols is 1. The van der Waals surface area contributed by atoms with E-state index in [-0.39, 0.29) is 11.5 Å². The summed E-state index contributed by atoms with van der Waals surface area (Å²) in [6.07, 6.45) is 0.526. The van der Waals surface area contributed by atoms with Crippen LogP contribution in [0.4, 0.5) is 0 Å². The summed E-state index contributed by atoms with van der Waals surface area (Å²) in [5.74, 6) is 0.411. The summed E-state index contributed by atoms with van der Waals surface area (Å²) in [5.41, 5.74) is 2.81. The minimum absolute atomic E-state index is 0.155. The first-order valence-corrected chi connectivity index (χ1v) is 5.63. The molecule has 2 aromatic carbocycles. The molecule has 2 heteroatoms. The van der Waals surface area contributed by atoms with Crippen LogP contribution < -0.4 is 0 Å². The average molecular weight is 226 g/mol. The maximum absolute atomic E-state index is 11.5. The smallest absolute Gasteiger partial charge is 0.162 e. The molecular weight excluding hydrogens is 212 g/mol. The molecule has 0 aliphatic carbocycles. The van der Waals surface area contributed by atoms with Gasteiger partial charge in [-0.1, -0.05) is 43.3 Å². The van der Waals surface area contributed by atoms with Crippen molar-refractivity contribution in [2.24, 2.45) is 0 Å². The van der Waals surface area contributed by atoms with Gasteiger partial charge in [-0.15, -0.1) is 0 Å². The summed E-state index contributed by atoms with van der Waals surface area (Å²) in [4.78, 5) is 11.5. The van der Waals surface area contributed by atoms with Gasteiger partial charge < -0.3 is 5.11 Å². The van der Waals surface area contributed by atoms with E-state index in [1.807, 2.05) is 43.3 Å². The number of hydrogen-bond donors (Lipinski definition) is 1. The van der Waals surface area contributed by atoms with E-state index in [0.717, 1.165) is 16.7 Å². The lowest BCUT2D eigenvalue weighted by molar-refractivity contribution is 0.0988. The van der Waals surface area contributed by atoms with Crippen LogP contribution in [0.3, 0.4) is 0 Å². The maximum Gasteiger partial charge on any atom is 0.162 e. The molecule has 0 heterocycles. The number of carbonyl (C=O) groups is 1. The molecule has 0 fully saturated rings. The summed E-state index contributed by atoms with van der Waals surface area (Å²) in [6.45, 7) is 1.86. The summed E-state index contributed by atoms with van der Waals surface area (Å²) in [5, 5.41) is 9.21. The van der Waals surface area contributed by atoms with Crippen LogP contribution in [-0.4, -0.2) is 10.9 Å². The third kappa shape index (κ3) is 2.53. The van der Waals surface area contributed by atoms with Gasteiger partial charge in [0.05, 0.1) is 0 Å². The van der Waals surface area contributed by atoms with Crippen molar-refractivity contribution in [2.45, 2.75) is 13.3 Å². The van der Waals surface area contributed by atoms with Gasteiger partial charge in [0.1, 0.15) is 5.75 Å². The summed E-state index contributed by atoms with van der Waals surface area (Å²) < 4.78 is 0. The fourth-order valence-corrected chi connectivity index (χ4v) is 1.71. The van der Waals surface area contributed by atoms with E-state index < -0.39 is 0 Å². The molecule has 2 aromatic rings. The summed E-state index contributed by atoms with van der Waals surface area (Å²) in [7, 11) is 0. The maximum atomic E-state index is 11.5. The normalized spacial score (nSPS) is 10.2. The molecular formula is C15H14O2. The zero-order valence-electron chi connectivity index (χ0n) is 9.68. The van der Waals surface area contributed by atoms with Crippen molar-refractivity contribution in [2.75, 3.05) is 0 Å². The van der Waals surface area contributed by atoms with Gasteiger partial charge in [-0.3, -0.25) is 4.79 Å². The van der Waals surface area contributed by atoms with E-state index in [1.54, 1.807) is 12.1 Å². The highest BCUT2D eigenvalue weighted by molar-refractivity contribution is 5.96. The lowest BCUT2D eigenvalue weighted by Gasteiger charge is -2.03. The van der Waals surface area contributed by atoms with Crippen LogP contribution in [0.1, 0.15) is 23.7 Å². The quantitative estimate of drug-likeness (QED) is 0.811. The molecule has 0 saturated carbocycles. The molecule has 0 aliphatic rings. The van der Waals surface area contributed by atoms with Gasteiger partial charge in [0.25, 0.3) is 0 Å².